The van der Waals surface area contributed by atoms with Crippen LogP contribution in [0.4, 0.5) is 0 Å². The summed E-state index contributed by atoms with van der Waals surface area (Å²) in [5.74, 6) is 2.66. The van der Waals surface area contributed by atoms with Gasteiger partial charge in [0.1, 0.15) is 0 Å². The maximum atomic E-state index is 8.90. The lowest BCUT2D eigenvalue weighted by molar-refractivity contribution is 0.295. The second-order valence-corrected chi connectivity index (χ2v) is 4.56. The van der Waals surface area contributed by atoms with E-state index in [4.69, 9.17) is 5.21 Å². The summed E-state index contributed by atoms with van der Waals surface area (Å²) in [6.07, 6.45) is 3.89. The van der Waals surface area contributed by atoms with Crippen LogP contribution in [0, 0.1) is 23.7 Å². The van der Waals surface area contributed by atoms with Crippen LogP contribution >= 0.6 is 0 Å². The fraction of sp³-hybridized carbons (Fsp3) is 0.900. The summed E-state index contributed by atoms with van der Waals surface area (Å²) in [5, 5.41) is 12.4. The van der Waals surface area contributed by atoms with Gasteiger partial charge in [-0.2, -0.15) is 0 Å². The number of hydrogen-bond acceptors (Lipinski definition) is 2. The molecule has 68 valence electrons. The molecule has 0 radical (unpaired) electrons. The number of nitrogens with zero attached hydrogens (tertiary/aromatic N) is 1. The van der Waals surface area contributed by atoms with Crippen molar-refractivity contribution in [2.24, 2.45) is 28.8 Å². The molecule has 2 heteroatoms. The van der Waals surface area contributed by atoms with Crippen LogP contribution in [0.3, 0.4) is 0 Å². The van der Waals surface area contributed by atoms with Crippen LogP contribution in [0.15, 0.2) is 5.16 Å². The maximum Gasteiger partial charge on any atom is 0.0637 e. The van der Waals surface area contributed by atoms with E-state index in [1.807, 2.05) is 0 Å². The zero-order chi connectivity index (χ0) is 8.72. The van der Waals surface area contributed by atoms with Crippen molar-refractivity contribution in [3.63, 3.8) is 0 Å². The van der Waals surface area contributed by atoms with E-state index in [1.54, 1.807) is 0 Å². The highest BCUT2D eigenvalue weighted by molar-refractivity contribution is 5.91. The summed E-state index contributed by atoms with van der Waals surface area (Å²) in [7, 11) is 0. The molecule has 0 heterocycles. The topological polar surface area (TPSA) is 32.6 Å². The van der Waals surface area contributed by atoms with E-state index in [0.29, 0.717) is 17.8 Å². The molecular formula is C10H17NO. The van der Waals surface area contributed by atoms with E-state index in [1.165, 1.54) is 19.3 Å². The van der Waals surface area contributed by atoms with E-state index in [2.05, 4.69) is 19.0 Å². The molecule has 0 saturated heterocycles. The fourth-order valence-electron chi connectivity index (χ4n) is 3.16. The van der Waals surface area contributed by atoms with E-state index in [9.17, 15) is 0 Å². The molecule has 2 saturated carbocycles. The summed E-state index contributed by atoms with van der Waals surface area (Å²) in [6.45, 7) is 4.47. The van der Waals surface area contributed by atoms with Crippen molar-refractivity contribution >= 4 is 5.71 Å². The van der Waals surface area contributed by atoms with Gasteiger partial charge in [-0.25, -0.2) is 0 Å². The van der Waals surface area contributed by atoms with E-state index < -0.39 is 0 Å². The predicted molar refractivity (Wildman–Crippen MR) is 48.4 cm³/mol. The molecule has 0 spiro atoms. The van der Waals surface area contributed by atoms with Crippen LogP contribution in [0.1, 0.15) is 33.1 Å². The lowest BCUT2D eigenvalue weighted by Gasteiger charge is -2.25. The second kappa shape index (κ2) is 2.75. The smallest absolute Gasteiger partial charge is 0.0637 e. The Kier molecular flexibility index (Phi) is 1.85. The number of oxime groups is 1. The van der Waals surface area contributed by atoms with E-state index in [0.717, 1.165) is 11.6 Å². The molecule has 2 bridgehead atoms. The molecule has 0 amide bonds. The Bertz CT molecular complexity index is 210. The number of fused-ring (bicyclic) bond motifs is 2. The minimum Gasteiger partial charge on any atom is -0.411 e. The van der Waals surface area contributed by atoms with Gasteiger partial charge in [0, 0.05) is 11.8 Å². The second-order valence-electron chi connectivity index (χ2n) is 4.56. The maximum absolute atomic E-state index is 8.90. The largest absolute Gasteiger partial charge is 0.411 e. The minimum absolute atomic E-state index is 0.578. The lowest BCUT2D eigenvalue weighted by Crippen LogP contribution is -2.26. The first-order valence-corrected chi connectivity index (χ1v) is 4.96. The molecule has 0 aliphatic heterocycles. The summed E-state index contributed by atoms with van der Waals surface area (Å²) in [4.78, 5) is 0. The standard InChI is InChI=1S/C10H17NO/c1-6(2)9-7-3-4-8(5-7)10(9)11-12/h6-9,12H,3-5H2,1-2H3/b11-10-/t7-,8+,9?/m0/s1. The average Bonchev–Trinajstić information content (AvgIpc) is 2.60. The van der Waals surface area contributed by atoms with Crippen LogP contribution in [-0.2, 0) is 0 Å². The molecule has 0 aromatic rings. The molecule has 2 fully saturated rings. The normalized spacial score (nSPS) is 43.2. The third kappa shape index (κ3) is 0.970. The summed E-state index contributed by atoms with van der Waals surface area (Å²) < 4.78 is 0. The molecule has 2 nitrogen and oxygen atoms in total. The molecule has 3 atom stereocenters. The van der Waals surface area contributed by atoms with Crippen LogP contribution in [0.5, 0.6) is 0 Å². The molecule has 2 aliphatic rings. The first kappa shape index (κ1) is 8.09. The Morgan fingerprint density at radius 3 is 2.67 bits per heavy atom. The van der Waals surface area contributed by atoms with Gasteiger partial charge in [-0.15, -0.1) is 0 Å². The molecule has 2 rings (SSSR count). The van der Waals surface area contributed by atoms with Gasteiger partial charge in [0.15, 0.2) is 0 Å². The van der Waals surface area contributed by atoms with Crippen molar-refractivity contribution in [3.8, 4) is 0 Å². The molecule has 1 unspecified atom stereocenters. The number of rotatable bonds is 1. The zero-order valence-corrected chi connectivity index (χ0v) is 7.83. The van der Waals surface area contributed by atoms with Crippen molar-refractivity contribution in [2.75, 3.05) is 0 Å². The highest BCUT2D eigenvalue weighted by Gasteiger charge is 2.46. The summed E-state index contributed by atoms with van der Waals surface area (Å²) in [6, 6.07) is 0. The van der Waals surface area contributed by atoms with Gasteiger partial charge in [-0.05, 0) is 31.1 Å². The molecule has 0 aromatic carbocycles. The minimum atomic E-state index is 0.578. The van der Waals surface area contributed by atoms with Crippen LogP contribution in [-0.4, -0.2) is 10.9 Å². The Balaban J connectivity index is 2.23. The van der Waals surface area contributed by atoms with Crippen LogP contribution in [0.25, 0.3) is 0 Å². The Hall–Kier alpha value is -0.530. The van der Waals surface area contributed by atoms with Gasteiger partial charge in [-0.3, -0.25) is 0 Å². The van der Waals surface area contributed by atoms with Crippen molar-refractivity contribution in [1.82, 2.24) is 0 Å². The predicted octanol–water partition coefficient (Wildman–Crippen LogP) is 2.52. The Morgan fingerprint density at radius 2 is 2.17 bits per heavy atom. The van der Waals surface area contributed by atoms with Gasteiger partial charge < -0.3 is 5.21 Å². The van der Waals surface area contributed by atoms with Crippen molar-refractivity contribution in [1.29, 1.82) is 0 Å². The van der Waals surface area contributed by atoms with Gasteiger partial charge in [0.2, 0.25) is 0 Å². The fourth-order valence-corrected chi connectivity index (χ4v) is 3.16. The SMILES string of the molecule is CC(C)C1/C(=N\O)[C@@H]2CC[C@H]1C2. The summed E-state index contributed by atoms with van der Waals surface area (Å²) >= 11 is 0. The van der Waals surface area contributed by atoms with Crippen molar-refractivity contribution in [2.45, 2.75) is 33.1 Å². The molecule has 0 aromatic heterocycles. The first-order valence-electron chi connectivity index (χ1n) is 4.96. The molecule has 1 N–H and O–H groups in total. The Morgan fingerprint density at radius 1 is 1.42 bits per heavy atom. The van der Waals surface area contributed by atoms with Gasteiger partial charge >= 0.3 is 0 Å². The number of hydrogen-bond donors (Lipinski definition) is 1. The van der Waals surface area contributed by atoms with Crippen molar-refractivity contribution in [3.05, 3.63) is 0 Å². The quantitative estimate of drug-likeness (QED) is 0.472. The molecular weight excluding hydrogens is 150 g/mol. The lowest BCUT2D eigenvalue weighted by atomic mass is 9.80. The van der Waals surface area contributed by atoms with Gasteiger partial charge in [0.25, 0.3) is 0 Å². The van der Waals surface area contributed by atoms with Gasteiger partial charge in [0.05, 0.1) is 5.71 Å². The van der Waals surface area contributed by atoms with Crippen molar-refractivity contribution < 1.29 is 5.21 Å². The third-order valence-corrected chi connectivity index (χ3v) is 3.57. The van der Waals surface area contributed by atoms with Crippen LogP contribution < -0.4 is 0 Å². The first-order chi connectivity index (χ1) is 5.74. The average molecular weight is 167 g/mol. The highest BCUT2D eigenvalue weighted by atomic mass is 16.4. The zero-order valence-electron chi connectivity index (χ0n) is 7.83. The van der Waals surface area contributed by atoms with E-state index >= 15 is 0 Å². The monoisotopic (exact) mass is 167 g/mol. The Labute approximate surface area is 73.7 Å². The molecule has 2 aliphatic carbocycles. The van der Waals surface area contributed by atoms with E-state index in [-0.39, 0.29) is 0 Å². The summed E-state index contributed by atoms with van der Waals surface area (Å²) in [5.41, 5.74) is 1.10. The van der Waals surface area contributed by atoms with Crippen LogP contribution in [0.2, 0.25) is 0 Å². The highest BCUT2D eigenvalue weighted by Crippen LogP contribution is 2.49. The third-order valence-electron chi connectivity index (χ3n) is 3.57. The van der Waals surface area contributed by atoms with Gasteiger partial charge in [-0.1, -0.05) is 19.0 Å². The molecule has 12 heavy (non-hydrogen) atoms.